The Kier molecular flexibility index (Phi) is 2.50. The molecule has 5 nitrogen and oxygen atoms in total. The number of aryl methyl sites for hydroxylation is 1. The van der Waals surface area contributed by atoms with E-state index in [9.17, 15) is 4.79 Å². The van der Waals surface area contributed by atoms with Crippen LogP contribution in [0.2, 0.25) is 5.02 Å². The van der Waals surface area contributed by atoms with E-state index < -0.39 is 0 Å². The van der Waals surface area contributed by atoms with E-state index in [4.69, 9.17) is 17.3 Å². The number of aromatic nitrogens is 3. The summed E-state index contributed by atoms with van der Waals surface area (Å²) in [5.41, 5.74) is 7.26. The molecule has 0 aliphatic rings. The van der Waals surface area contributed by atoms with E-state index in [1.807, 2.05) is 6.92 Å². The monoisotopic (exact) mass is 226 g/mol. The Labute approximate surface area is 90.9 Å². The van der Waals surface area contributed by atoms with Crippen LogP contribution in [0.4, 0.5) is 0 Å². The zero-order valence-corrected chi connectivity index (χ0v) is 9.01. The highest BCUT2D eigenvalue weighted by Crippen LogP contribution is 2.15. The molecular weight excluding hydrogens is 216 g/mol. The summed E-state index contributed by atoms with van der Waals surface area (Å²) in [7, 11) is 0. The van der Waals surface area contributed by atoms with Gasteiger partial charge in [-0.1, -0.05) is 11.6 Å². The van der Waals surface area contributed by atoms with Crippen molar-refractivity contribution in [3.63, 3.8) is 0 Å². The van der Waals surface area contributed by atoms with Gasteiger partial charge in [0.25, 0.3) is 5.56 Å². The molecule has 0 bridgehead atoms. The first-order valence-electron chi connectivity index (χ1n) is 4.60. The van der Waals surface area contributed by atoms with Gasteiger partial charge in [-0.25, -0.2) is 4.52 Å². The van der Waals surface area contributed by atoms with Gasteiger partial charge in [-0.15, -0.1) is 0 Å². The number of hydrogen-bond donors (Lipinski definition) is 2. The molecule has 0 aliphatic carbocycles. The van der Waals surface area contributed by atoms with Crippen molar-refractivity contribution in [2.75, 3.05) is 6.54 Å². The third-order valence-corrected chi connectivity index (χ3v) is 2.66. The van der Waals surface area contributed by atoms with Crippen molar-refractivity contribution in [3.05, 3.63) is 32.8 Å². The molecule has 0 aliphatic heterocycles. The Morgan fingerprint density at radius 1 is 1.67 bits per heavy atom. The van der Waals surface area contributed by atoms with Gasteiger partial charge < -0.3 is 10.7 Å². The maximum absolute atomic E-state index is 11.7. The first-order valence-corrected chi connectivity index (χ1v) is 4.98. The van der Waals surface area contributed by atoms with E-state index in [-0.39, 0.29) is 5.56 Å². The molecule has 3 N–H and O–H groups in total. The fraction of sp³-hybridized carbons (Fsp3) is 0.333. The number of hydrogen-bond acceptors (Lipinski definition) is 3. The molecule has 0 spiro atoms. The van der Waals surface area contributed by atoms with Crippen LogP contribution in [0.1, 0.15) is 11.3 Å². The van der Waals surface area contributed by atoms with Crippen LogP contribution < -0.4 is 11.3 Å². The molecule has 0 aromatic carbocycles. The van der Waals surface area contributed by atoms with Gasteiger partial charge in [-0.05, 0) is 19.9 Å². The number of fused-ring (bicyclic) bond motifs is 1. The van der Waals surface area contributed by atoms with Crippen LogP contribution in [-0.4, -0.2) is 21.1 Å². The Hall–Kier alpha value is -1.33. The van der Waals surface area contributed by atoms with Crippen LogP contribution >= 0.6 is 11.6 Å². The van der Waals surface area contributed by atoms with Crippen molar-refractivity contribution in [2.24, 2.45) is 5.73 Å². The molecule has 0 amide bonds. The third kappa shape index (κ3) is 1.53. The summed E-state index contributed by atoms with van der Waals surface area (Å²) in [6, 6.07) is 0. The van der Waals surface area contributed by atoms with Gasteiger partial charge in [0.1, 0.15) is 5.02 Å². The number of nitrogens with one attached hydrogen (secondary N) is 1. The van der Waals surface area contributed by atoms with E-state index in [0.717, 1.165) is 5.69 Å². The van der Waals surface area contributed by atoms with Crippen LogP contribution in [0.5, 0.6) is 0 Å². The molecule has 0 saturated carbocycles. The summed E-state index contributed by atoms with van der Waals surface area (Å²) in [4.78, 5) is 14.4. The van der Waals surface area contributed by atoms with Crippen LogP contribution in [0, 0.1) is 6.92 Å². The van der Waals surface area contributed by atoms with Gasteiger partial charge in [0.15, 0.2) is 5.65 Å². The highest BCUT2D eigenvalue weighted by Gasteiger charge is 2.11. The minimum atomic E-state index is -0.146. The molecule has 0 saturated heterocycles. The normalized spacial score (nSPS) is 11.1. The Bertz CT molecular complexity index is 557. The Balaban J connectivity index is 2.79. The maximum atomic E-state index is 11.7. The molecule has 0 unspecified atom stereocenters. The van der Waals surface area contributed by atoms with Gasteiger partial charge in [0, 0.05) is 5.56 Å². The molecule has 0 radical (unpaired) electrons. The smallest absolute Gasteiger partial charge is 0.254 e. The highest BCUT2D eigenvalue weighted by molar-refractivity contribution is 6.33. The number of nitrogens with zero attached hydrogens (tertiary/aromatic N) is 2. The fourth-order valence-corrected chi connectivity index (χ4v) is 1.78. The number of H-pyrrole nitrogens is 1. The lowest BCUT2D eigenvalue weighted by atomic mass is 10.2. The second-order valence-corrected chi connectivity index (χ2v) is 3.72. The van der Waals surface area contributed by atoms with Crippen molar-refractivity contribution < 1.29 is 0 Å². The molecule has 2 aromatic rings. The molecule has 0 atom stereocenters. The van der Waals surface area contributed by atoms with Crippen molar-refractivity contribution in [1.82, 2.24) is 14.6 Å². The van der Waals surface area contributed by atoms with E-state index in [1.165, 1.54) is 6.20 Å². The predicted octanol–water partition coefficient (Wildman–Crippen LogP) is 0.486. The summed E-state index contributed by atoms with van der Waals surface area (Å²) in [6.07, 6.45) is 2.04. The molecule has 2 heterocycles. The maximum Gasteiger partial charge on any atom is 0.254 e. The Morgan fingerprint density at radius 3 is 3.07 bits per heavy atom. The van der Waals surface area contributed by atoms with E-state index >= 15 is 0 Å². The second-order valence-electron chi connectivity index (χ2n) is 3.31. The summed E-state index contributed by atoms with van der Waals surface area (Å²) >= 11 is 5.87. The fourth-order valence-electron chi connectivity index (χ4n) is 1.61. The quantitative estimate of drug-likeness (QED) is 0.782. The molecular formula is C9H11ClN4O. The second kappa shape index (κ2) is 3.67. The molecule has 2 aromatic heterocycles. The minimum absolute atomic E-state index is 0.146. The third-order valence-electron chi connectivity index (χ3n) is 2.38. The summed E-state index contributed by atoms with van der Waals surface area (Å²) in [5, 5.41) is 4.51. The number of aromatic amines is 1. The van der Waals surface area contributed by atoms with Crippen LogP contribution in [0.15, 0.2) is 11.0 Å². The predicted molar refractivity (Wildman–Crippen MR) is 58.3 cm³/mol. The van der Waals surface area contributed by atoms with Crippen molar-refractivity contribution >= 4 is 17.2 Å². The SMILES string of the molecule is Cc1c(CCN)c(=O)[nH]c2c(Cl)cnn12. The molecule has 2 rings (SSSR count). The van der Waals surface area contributed by atoms with Crippen molar-refractivity contribution in [2.45, 2.75) is 13.3 Å². The molecule has 80 valence electrons. The zero-order valence-electron chi connectivity index (χ0n) is 8.25. The molecule has 15 heavy (non-hydrogen) atoms. The molecule has 0 fully saturated rings. The Morgan fingerprint density at radius 2 is 2.40 bits per heavy atom. The average molecular weight is 227 g/mol. The number of rotatable bonds is 2. The van der Waals surface area contributed by atoms with Crippen LogP contribution in [-0.2, 0) is 6.42 Å². The largest absolute Gasteiger partial charge is 0.330 e. The van der Waals surface area contributed by atoms with Crippen molar-refractivity contribution in [3.8, 4) is 0 Å². The van der Waals surface area contributed by atoms with Crippen molar-refractivity contribution in [1.29, 1.82) is 0 Å². The first kappa shape index (κ1) is 10.2. The zero-order chi connectivity index (χ0) is 11.0. The number of nitrogens with two attached hydrogens (primary N) is 1. The lowest BCUT2D eigenvalue weighted by Gasteiger charge is -2.05. The lowest BCUT2D eigenvalue weighted by Crippen LogP contribution is -2.21. The van der Waals surface area contributed by atoms with Gasteiger partial charge in [0.05, 0.1) is 11.9 Å². The van der Waals surface area contributed by atoms with E-state index in [0.29, 0.717) is 29.2 Å². The lowest BCUT2D eigenvalue weighted by molar-refractivity contribution is 0.832. The van der Waals surface area contributed by atoms with Gasteiger partial charge in [0.2, 0.25) is 0 Å². The van der Waals surface area contributed by atoms with Gasteiger partial charge >= 0.3 is 0 Å². The first-order chi connectivity index (χ1) is 7.15. The average Bonchev–Trinajstić information content (AvgIpc) is 2.55. The molecule has 6 heteroatoms. The van der Waals surface area contributed by atoms with Gasteiger partial charge in [-0.3, -0.25) is 4.79 Å². The highest BCUT2D eigenvalue weighted by atomic mass is 35.5. The van der Waals surface area contributed by atoms with Crippen LogP contribution in [0.25, 0.3) is 5.65 Å². The van der Waals surface area contributed by atoms with E-state index in [2.05, 4.69) is 10.1 Å². The topological polar surface area (TPSA) is 76.2 Å². The van der Waals surface area contributed by atoms with Gasteiger partial charge in [-0.2, -0.15) is 5.10 Å². The minimum Gasteiger partial charge on any atom is -0.330 e. The standard InChI is InChI=1S/C9H11ClN4O/c1-5-6(2-3-11)9(15)13-8-7(10)4-12-14(5)8/h4H,2-3,11H2,1H3,(H,13,15). The number of halogens is 1. The van der Waals surface area contributed by atoms with Crippen LogP contribution in [0.3, 0.4) is 0 Å². The summed E-state index contributed by atoms with van der Waals surface area (Å²) in [6.45, 7) is 2.26. The summed E-state index contributed by atoms with van der Waals surface area (Å²) in [5.74, 6) is 0. The summed E-state index contributed by atoms with van der Waals surface area (Å²) < 4.78 is 1.62. The van der Waals surface area contributed by atoms with E-state index in [1.54, 1.807) is 4.52 Å².